The Morgan fingerprint density at radius 1 is 1.29 bits per heavy atom. The molecule has 92 valence electrons. The van der Waals surface area contributed by atoms with E-state index in [2.05, 4.69) is 5.32 Å². The second-order valence-electron chi connectivity index (χ2n) is 4.25. The van der Waals surface area contributed by atoms with Gasteiger partial charge in [-0.1, -0.05) is 13.0 Å². The minimum Gasteiger partial charge on any atom is -0.481 e. The highest BCUT2D eigenvalue weighted by molar-refractivity contribution is 5.94. The van der Waals surface area contributed by atoms with E-state index in [0.29, 0.717) is 5.56 Å². The van der Waals surface area contributed by atoms with Crippen molar-refractivity contribution in [2.24, 2.45) is 5.92 Å². The van der Waals surface area contributed by atoms with Gasteiger partial charge in [-0.15, -0.1) is 0 Å². The predicted molar refractivity (Wildman–Crippen MR) is 65.0 cm³/mol. The first-order chi connectivity index (χ1) is 7.91. The highest BCUT2D eigenvalue weighted by atomic mass is 16.4. The summed E-state index contributed by atoms with van der Waals surface area (Å²) in [7, 11) is 0. The molecule has 1 aromatic rings. The molecule has 1 unspecified atom stereocenters. The third-order valence-corrected chi connectivity index (χ3v) is 2.76. The number of hydrogen-bond acceptors (Lipinski definition) is 2. The topological polar surface area (TPSA) is 66.4 Å². The molecule has 0 aliphatic heterocycles. The van der Waals surface area contributed by atoms with E-state index in [0.717, 1.165) is 11.1 Å². The maximum absolute atomic E-state index is 11.7. The van der Waals surface area contributed by atoms with Crippen LogP contribution < -0.4 is 5.32 Å². The van der Waals surface area contributed by atoms with Gasteiger partial charge >= 0.3 is 5.97 Å². The minimum absolute atomic E-state index is 0.140. The summed E-state index contributed by atoms with van der Waals surface area (Å²) in [5.74, 6) is -1.72. The van der Waals surface area contributed by atoms with Crippen molar-refractivity contribution < 1.29 is 14.7 Å². The van der Waals surface area contributed by atoms with E-state index >= 15 is 0 Å². The number of hydrogen-bond donors (Lipinski definition) is 2. The fourth-order valence-electron chi connectivity index (χ4n) is 1.32. The second-order valence-corrected chi connectivity index (χ2v) is 4.25. The van der Waals surface area contributed by atoms with Crippen LogP contribution in [0, 0.1) is 19.8 Å². The van der Waals surface area contributed by atoms with Crippen LogP contribution in [0.25, 0.3) is 0 Å². The molecule has 0 fully saturated rings. The molecule has 1 aromatic carbocycles. The highest BCUT2D eigenvalue weighted by Crippen LogP contribution is 2.09. The van der Waals surface area contributed by atoms with Crippen LogP contribution in [0.5, 0.6) is 0 Å². The highest BCUT2D eigenvalue weighted by Gasteiger charge is 2.13. The van der Waals surface area contributed by atoms with Crippen LogP contribution in [-0.4, -0.2) is 23.5 Å². The molecule has 4 heteroatoms. The lowest BCUT2D eigenvalue weighted by atomic mass is 10.1. The van der Waals surface area contributed by atoms with E-state index in [1.165, 1.54) is 0 Å². The van der Waals surface area contributed by atoms with E-state index in [1.807, 2.05) is 19.9 Å². The Hall–Kier alpha value is -1.84. The maximum atomic E-state index is 11.7. The van der Waals surface area contributed by atoms with Crippen LogP contribution in [0.1, 0.15) is 28.4 Å². The number of carboxylic acids is 1. The fraction of sp³-hybridized carbons (Fsp3) is 0.385. The summed E-state index contributed by atoms with van der Waals surface area (Å²) in [4.78, 5) is 22.3. The molecule has 0 saturated carbocycles. The van der Waals surface area contributed by atoms with Crippen molar-refractivity contribution in [3.63, 3.8) is 0 Å². The lowest BCUT2D eigenvalue weighted by Crippen LogP contribution is -2.31. The van der Waals surface area contributed by atoms with Crippen LogP contribution in [0.3, 0.4) is 0 Å². The van der Waals surface area contributed by atoms with Crippen molar-refractivity contribution in [2.75, 3.05) is 6.54 Å². The zero-order valence-electron chi connectivity index (χ0n) is 10.3. The molecule has 1 amide bonds. The molecular formula is C13H17NO3. The number of carboxylic acid groups (broad SMARTS) is 1. The van der Waals surface area contributed by atoms with Gasteiger partial charge in [0.1, 0.15) is 0 Å². The van der Waals surface area contributed by atoms with Crippen LogP contribution in [0.15, 0.2) is 18.2 Å². The van der Waals surface area contributed by atoms with Crippen molar-refractivity contribution >= 4 is 11.9 Å². The molecule has 1 atom stereocenters. The van der Waals surface area contributed by atoms with Gasteiger partial charge in [-0.2, -0.15) is 0 Å². The van der Waals surface area contributed by atoms with Gasteiger partial charge in [-0.05, 0) is 37.1 Å². The first-order valence-electron chi connectivity index (χ1n) is 5.50. The minimum atomic E-state index is -0.912. The van der Waals surface area contributed by atoms with E-state index in [1.54, 1.807) is 19.1 Å². The van der Waals surface area contributed by atoms with Gasteiger partial charge in [0.2, 0.25) is 0 Å². The number of carbonyl (C=O) groups excluding carboxylic acids is 1. The average molecular weight is 235 g/mol. The maximum Gasteiger partial charge on any atom is 0.308 e. The number of nitrogens with one attached hydrogen (secondary N) is 1. The Kier molecular flexibility index (Phi) is 4.26. The molecule has 1 rings (SSSR count). The van der Waals surface area contributed by atoms with Gasteiger partial charge in [-0.3, -0.25) is 9.59 Å². The Labute approximate surface area is 101 Å². The number of carbonyl (C=O) groups is 2. The van der Waals surface area contributed by atoms with Crippen molar-refractivity contribution in [1.29, 1.82) is 0 Å². The monoisotopic (exact) mass is 235 g/mol. The smallest absolute Gasteiger partial charge is 0.308 e. The second kappa shape index (κ2) is 5.48. The Morgan fingerprint density at radius 2 is 1.94 bits per heavy atom. The summed E-state index contributed by atoms with van der Waals surface area (Å²) in [6, 6.07) is 5.42. The molecular weight excluding hydrogens is 218 g/mol. The lowest BCUT2D eigenvalue weighted by Gasteiger charge is -2.09. The quantitative estimate of drug-likeness (QED) is 0.835. The largest absolute Gasteiger partial charge is 0.481 e. The summed E-state index contributed by atoms with van der Waals surface area (Å²) in [5, 5.41) is 11.3. The average Bonchev–Trinajstić information content (AvgIpc) is 2.28. The third kappa shape index (κ3) is 3.59. The Bertz CT molecular complexity index is 440. The Morgan fingerprint density at radius 3 is 2.47 bits per heavy atom. The van der Waals surface area contributed by atoms with Crippen molar-refractivity contribution in [3.05, 3.63) is 34.9 Å². The SMILES string of the molecule is Cc1ccc(C(=O)NCC(C)C(=O)O)cc1C. The van der Waals surface area contributed by atoms with Crippen molar-refractivity contribution in [3.8, 4) is 0 Å². The van der Waals surface area contributed by atoms with E-state index in [9.17, 15) is 9.59 Å². The molecule has 0 saturated heterocycles. The summed E-state index contributed by atoms with van der Waals surface area (Å²) in [5.41, 5.74) is 2.73. The first-order valence-corrected chi connectivity index (χ1v) is 5.50. The molecule has 0 aliphatic carbocycles. The standard InChI is InChI=1S/C13H17NO3/c1-8-4-5-11(6-9(8)2)12(15)14-7-10(3)13(16)17/h4-6,10H,7H2,1-3H3,(H,14,15)(H,16,17). The van der Waals surface area contributed by atoms with E-state index in [-0.39, 0.29) is 12.5 Å². The van der Waals surface area contributed by atoms with E-state index in [4.69, 9.17) is 5.11 Å². The van der Waals surface area contributed by atoms with Gasteiger partial charge < -0.3 is 10.4 Å². The predicted octanol–water partition coefficient (Wildman–Crippen LogP) is 1.75. The Balaban J connectivity index is 2.64. The first kappa shape index (κ1) is 13.2. The van der Waals surface area contributed by atoms with Crippen molar-refractivity contribution in [1.82, 2.24) is 5.32 Å². The van der Waals surface area contributed by atoms with Gasteiger partial charge in [0.05, 0.1) is 5.92 Å². The van der Waals surface area contributed by atoms with Crippen LogP contribution in [0.2, 0.25) is 0 Å². The summed E-state index contributed by atoms with van der Waals surface area (Å²) in [6.45, 7) is 5.61. The number of aliphatic carboxylic acids is 1. The molecule has 0 heterocycles. The molecule has 4 nitrogen and oxygen atoms in total. The van der Waals surface area contributed by atoms with E-state index < -0.39 is 11.9 Å². The summed E-state index contributed by atoms with van der Waals surface area (Å²) < 4.78 is 0. The van der Waals surface area contributed by atoms with Gasteiger partial charge in [-0.25, -0.2) is 0 Å². The number of aryl methyl sites for hydroxylation is 2. The molecule has 2 N–H and O–H groups in total. The van der Waals surface area contributed by atoms with Crippen molar-refractivity contribution in [2.45, 2.75) is 20.8 Å². The molecule has 0 radical (unpaired) electrons. The molecule has 0 bridgehead atoms. The zero-order valence-corrected chi connectivity index (χ0v) is 10.3. The van der Waals surface area contributed by atoms with Crippen LogP contribution in [-0.2, 0) is 4.79 Å². The third-order valence-electron chi connectivity index (χ3n) is 2.76. The van der Waals surface area contributed by atoms with Gasteiger partial charge in [0.25, 0.3) is 5.91 Å². The lowest BCUT2D eigenvalue weighted by molar-refractivity contribution is -0.140. The number of amides is 1. The number of benzene rings is 1. The molecule has 0 aliphatic rings. The molecule has 0 aromatic heterocycles. The molecule has 17 heavy (non-hydrogen) atoms. The fourth-order valence-corrected chi connectivity index (χ4v) is 1.32. The summed E-state index contributed by atoms with van der Waals surface area (Å²) >= 11 is 0. The normalized spacial score (nSPS) is 11.9. The summed E-state index contributed by atoms with van der Waals surface area (Å²) in [6.07, 6.45) is 0. The van der Waals surface area contributed by atoms with Crippen LogP contribution in [0.4, 0.5) is 0 Å². The zero-order chi connectivity index (χ0) is 13.0. The molecule has 0 spiro atoms. The number of rotatable bonds is 4. The van der Waals surface area contributed by atoms with Gasteiger partial charge in [0.15, 0.2) is 0 Å². The van der Waals surface area contributed by atoms with Crippen LogP contribution >= 0.6 is 0 Å². The van der Waals surface area contributed by atoms with Gasteiger partial charge in [0, 0.05) is 12.1 Å².